The maximum atomic E-state index is 13.3. The van der Waals surface area contributed by atoms with Gasteiger partial charge in [0.05, 0.1) is 16.6 Å². The molecule has 2 amide bonds. The number of hydrogen-bond donors (Lipinski definition) is 2. The average Bonchev–Trinajstić information content (AvgIpc) is 3.19. The first-order valence-electron chi connectivity index (χ1n) is 12.0. The molecule has 2 aromatic heterocycles. The summed E-state index contributed by atoms with van der Waals surface area (Å²) < 4.78 is 1.30. The van der Waals surface area contributed by atoms with Gasteiger partial charge >= 0.3 is 0 Å². The number of aryl methyl sites for hydroxylation is 5. The Morgan fingerprint density at radius 3 is 2.33 bits per heavy atom. The van der Waals surface area contributed by atoms with E-state index in [0.29, 0.717) is 20.7 Å². The van der Waals surface area contributed by atoms with Crippen molar-refractivity contribution in [1.29, 1.82) is 0 Å². The Balaban J connectivity index is 1.60. The zero-order valence-corrected chi connectivity index (χ0v) is 22.0. The van der Waals surface area contributed by atoms with Crippen LogP contribution in [0.5, 0.6) is 0 Å². The van der Waals surface area contributed by atoms with Crippen molar-refractivity contribution in [2.75, 3.05) is 10.6 Å². The maximum Gasteiger partial charge on any atom is 0.266 e. The van der Waals surface area contributed by atoms with Crippen LogP contribution in [0.3, 0.4) is 0 Å². The summed E-state index contributed by atoms with van der Waals surface area (Å²) in [6.45, 7) is 9.60. The number of fused-ring (bicyclic) bond motifs is 1. The topological polar surface area (TPSA) is 93.1 Å². The van der Waals surface area contributed by atoms with Crippen LogP contribution in [0.1, 0.15) is 51.3 Å². The van der Waals surface area contributed by atoms with Gasteiger partial charge in [0, 0.05) is 11.4 Å². The van der Waals surface area contributed by atoms with Crippen LogP contribution in [-0.4, -0.2) is 21.4 Å². The van der Waals surface area contributed by atoms with E-state index in [9.17, 15) is 14.4 Å². The van der Waals surface area contributed by atoms with Crippen LogP contribution in [-0.2, 0) is 24.2 Å². The largest absolute Gasteiger partial charge is 0.324 e. The van der Waals surface area contributed by atoms with Crippen LogP contribution in [0.4, 0.5) is 11.4 Å². The molecule has 186 valence electrons. The van der Waals surface area contributed by atoms with Crippen molar-refractivity contribution in [3.8, 4) is 0 Å². The number of nitrogens with one attached hydrogen (secondary N) is 2. The Morgan fingerprint density at radius 2 is 1.69 bits per heavy atom. The lowest BCUT2D eigenvalue weighted by molar-refractivity contribution is -0.116. The second kappa shape index (κ2) is 10.5. The van der Waals surface area contributed by atoms with Crippen molar-refractivity contribution in [3.05, 3.63) is 85.8 Å². The zero-order chi connectivity index (χ0) is 26.0. The summed E-state index contributed by atoms with van der Waals surface area (Å²) in [7, 11) is 0. The smallest absolute Gasteiger partial charge is 0.266 e. The molecule has 4 aromatic rings. The minimum Gasteiger partial charge on any atom is -0.324 e. The Morgan fingerprint density at radius 1 is 1.00 bits per heavy atom. The first kappa shape index (κ1) is 25.3. The van der Waals surface area contributed by atoms with Crippen molar-refractivity contribution < 1.29 is 9.59 Å². The fourth-order valence-electron chi connectivity index (χ4n) is 4.36. The lowest BCUT2D eigenvalue weighted by Crippen LogP contribution is -2.28. The van der Waals surface area contributed by atoms with E-state index >= 15 is 0 Å². The normalized spacial score (nSPS) is 11.0. The predicted octanol–water partition coefficient (Wildman–Crippen LogP) is 5.40. The van der Waals surface area contributed by atoms with Crippen molar-refractivity contribution in [2.24, 2.45) is 0 Å². The Kier molecular flexibility index (Phi) is 7.35. The van der Waals surface area contributed by atoms with Gasteiger partial charge in [-0.2, -0.15) is 0 Å². The van der Waals surface area contributed by atoms with E-state index < -0.39 is 0 Å². The van der Waals surface area contributed by atoms with Crippen molar-refractivity contribution in [3.63, 3.8) is 0 Å². The molecule has 0 unspecified atom stereocenters. The van der Waals surface area contributed by atoms with Gasteiger partial charge in [0.2, 0.25) is 5.91 Å². The van der Waals surface area contributed by atoms with Crippen molar-refractivity contribution in [1.82, 2.24) is 9.55 Å². The number of carbonyl (C=O) groups excluding carboxylic acids is 2. The summed E-state index contributed by atoms with van der Waals surface area (Å²) >= 11 is 1.18. The van der Waals surface area contributed by atoms with Gasteiger partial charge in [-0.3, -0.25) is 19.0 Å². The van der Waals surface area contributed by atoms with Gasteiger partial charge in [0.1, 0.15) is 11.4 Å². The van der Waals surface area contributed by atoms with Crippen LogP contribution in [0.15, 0.2) is 47.5 Å². The van der Waals surface area contributed by atoms with Crippen LogP contribution >= 0.6 is 11.3 Å². The Bertz CT molecular complexity index is 1510. The Hall–Kier alpha value is -3.78. The highest BCUT2D eigenvalue weighted by atomic mass is 32.1. The number of carbonyl (C=O) groups is 2. The van der Waals surface area contributed by atoms with E-state index in [1.54, 1.807) is 6.92 Å². The lowest BCUT2D eigenvalue weighted by atomic mass is 10.0. The lowest BCUT2D eigenvalue weighted by Gasteiger charge is -2.15. The molecule has 0 fully saturated rings. The van der Waals surface area contributed by atoms with Gasteiger partial charge in [0.15, 0.2) is 0 Å². The monoisotopic (exact) mass is 502 g/mol. The molecule has 0 atom stereocenters. The predicted molar refractivity (Wildman–Crippen MR) is 146 cm³/mol. The number of amides is 2. The van der Waals surface area contributed by atoms with E-state index in [1.165, 1.54) is 22.2 Å². The van der Waals surface area contributed by atoms with Crippen molar-refractivity contribution in [2.45, 2.75) is 54.0 Å². The molecule has 0 aliphatic carbocycles. The van der Waals surface area contributed by atoms with E-state index in [-0.39, 0.29) is 23.9 Å². The van der Waals surface area contributed by atoms with Crippen molar-refractivity contribution >= 4 is 44.7 Å². The third kappa shape index (κ3) is 4.95. The molecule has 0 aliphatic heterocycles. The number of benzene rings is 2. The standard InChI is InChI=1S/C28H30N4O3S/c1-6-19-9-8-10-20(7-2)24(19)31-22(33)14-32-15-29-27-23(28(32)35)18(5)25(36-27)26(34)30-21-12-11-16(3)13-17(21)4/h8-13,15H,6-7,14H2,1-5H3,(H,30,34)(H,31,33). The molecule has 0 spiro atoms. The quantitative estimate of drug-likeness (QED) is 0.354. The number of anilines is 2. The molecule has 0 aliphatic rings. The van der Waals surface area contributed by atoms with Gasteiger partial charge in [-0.25, -0.2) is 4.98 Å². The molecular weight excluding hydrogens is 472 g/mol. The highest BCUT2D eigenvalue weighted by Gasteiger charge is 2.21. The number of thiophene rings is 1. The summed E-state index contributed by atoms with van der Waals surface area (Å²) in [5, 5.41) is 6.30. The number of rotatable bonds is 7. The summed E-state index contributed by atoms with van der Waals surface area (Å²) in [6, 6.07) is 11.8. The van der Waals surface area contributed by atoms with E-state index in [4.69, 9.17) is 0 Å². The zero-order valence-electron chi connectivity index (χ0n) is 21.2. The SMILES string of the molecule is CCc1cccc(CC)c1NC(=O)Cn1cnc2sc(C(=O)Nc3ccc(C)cc3C)c(C)c2c1=O. The molecule has 7 nitrogen and oxygen atoms in total. The minimum absolute atomic E-state index is 0.164. The molecular formula is C28H30N4O3S. The molecule has 0 saturated heterocycles. The van der Waals surface area contributed by atoms with Crippen LogP contribution in [0.25, 0.3) is 10.2 Å². The third-order valence-corrected chi connectivity index (χ3v) is 7.53. The first-order chi connectivity index (χ1) is 17.2. The molecule has 0 radical (unpaired) electrons. The number of aromatic nitrogens is 2. The second-order valence-electron chi connectivity index (χ2n) is 8.89. The van der Waals surface area contributed by atoms with Gasteiger partial charge in [0.25, 0.3) is 11.5 Å². The van der Waals surface area contributed by atoms with Crippen LogP contribution < -0.4 is 16.2 Å². The highest BCUT2D eigenvalue weighted by Crippen LogP contribution is 2.28. The molecule has 4 rings (SSSR count). The summed E-state index contributed by atoms with van der Waals surface area (Å²) in [6.07, 6.45) is 2.95. The minimum atomic E-state index is -0.339. The fraction of sp³-hybridized carbons (Fsp3) is 0.286. The maximum absolute atomic E-state index is 13.3. The third-order valence-electron chi connectivity index (χ3n) is 6.33. The molecule has 2 N–H and O–H groups in total. The second-order valence-corrected chi connectivity index (χ2v) is 9.89. The van der Waals surface area contributed by atoms with E-state index in [0.717, 1.165) is 46.5 Å². The van der Waals surface area contributed by atoms with Gasteiger partial charge in [-0.1, -0.05) is 49.7 Å². The number of hydrogen-bond acceptors (Lipinski definition) is 5. The van der Waals surface area contributed by atoms with E-state index in [2.05, 4.69) is 15.6 Å². The summed E-state index contributed by atoms with van der Waals surface area (Å²) in [4.78, 5) is 44.5. The molecule has 2 heterocycles. The number of para-hydroxylation sites is 1. The first-order valence-corrected chi connectivity index (χ1v) is 12.8. The van der Waals surface area contributed by atoms with Gasteiger partial charge in [-0.05, 0) is 61.9 Å². The average molecular weight is 503 g/mol. The molecule has 0 saturated carbocycles. The molecule has 0 bridgehead atoms. The van der Waals surface area contributed by atoms with Crippen LogP contribution in [0.2, 0.25) is 0 Å². The summed E-state index contributed by atoms with van der Waals surface area (Å²) in [5.74, 6) is -0.580. The molecule has 8 heteroatoms. The highest BCUT2D eigenvalue weighted by molar-refractivity contribution is 7.20. The van der Waals surface area contributed by atoms with Crippen LogP contribution in [0, 0.1) is 20.8 Å². The fourth-order valence-corrected chi connectivity index (χ4v) is 5.39. The van der Waals surface area contributed by atoms with Gasteiger partial charge in [-0.15, -0.1) is 11.3 Å². The van der Waals surface area contributed by atoms with E-state index in [1.807, 2.05) is 64.1 Å². The van der Waals surface area contributed by atoms with Gasteiger partial charge < -0.3 is 10.6 Å². The molecule has 36 heavy (non-hydrogen) atoms. The Labute approximate surface area is 214 Å². The number of nitrogens with zero attached hydrogens (tertiary/aromatic N) is 2. The summed E-state index contributed by atoms with van der Waals surface area (Å²) in [5.41, 5.74) is 5.94. The molecule has 2 aromatic carbocycles.